The Morgan fingerprint density at radius 2 is 0.889 bits per heavy atom. The van der Waals surface area contributed by atoms with Crippen LogP contribution in [0.5, 0.6) is 0 Å². The zero-order valence-electron chi connectivity index (χ0n) is 17.7. The van der Waals surface area contributed by atoms with E-state index in [0.29, 0.717) is 6.42 Å². The molecule has 6 nitrogen and oxygen atoms in total. The second kappa shape index (κ2) is 27.3. The van der Waals surface area contributed by atoms with E-state index < -0.39 is 16.4 Å². The molecule has 0 unspecified atom stereocenters. The van der Waals surface area contributed by atoms with Gasteiger partial charge in [0.1, 0.15) is 0 Å². The maximum atomic E-state index is 10.3. The molecular weight excluding hydrogens is 390 g/mol. The van der Waals surface area contributed by atoms with Gasteiger partial charge in [-0.15, -0.1) is 0 Å². The van der Waals surface area contributed by atoms with Gasteiger partial charge in [-0.05, 0) is 6.42 Å². The topological polar surface area (TPSA) is 118 Å². The van der Waals surface area contributed by atoms with Crippen molar-refractivity contribution in [3.63, 3.8) is 0 Å². The molecule has 0 saturated heterocycles. The fraction of sp³-hybridized carbons (Fsp3) is 0.944. The van der Waals surface area contributed by atoms with Crippen LogP contribution in [0.15, 0.2) is 0 Å². The Morgan fingerprint density at radius 1 is 0.667 bits per heavy atom. The Morgan fingerprint density at radius 3 is 1.11 bits per heavy atom. The normalized spacial score (nSPS) is 10.2. The maximum Gasteiger partial charge on any atom is 1.00 e. The SMILES string of the molecule is CCCCCCCCCCCCCCCCCC(=O)O.O=S(=O)([O-])[O-].[Na+].[Na+]. The summed E-state index contributed by atoms with van der Waals surface area (Å²) in [6.45, 7) is 2.27. The van der Waals surface area contributed by atoms with E-state index in [4.69, 9.17) is 22.6 Å². The van der Waals surface area contributed by atoms with Gasteiger partial charge in [-0.25, -0.2) is 0 Å². The van der Waals surface area contributed by atoms with Crippen molar-refractivity contribution in [3.8, 4) is 0 Å². The van der Waals surface area contributed by atoms with Crippen LogP contribution in [0.3, 0.4) is 0 Å². The summed E-state index contributed by atoms with van der Waals surface area (Å²) in [7, 11) is -5.17. The first-order valence-electron chi connectivity index (χ1n) is 9.66. The molecule has 0 spiro atoms. The Bertz CT molecular complexity index is 383. The summed E-state index contributed by atoms with van der Waals surface area (Å²) in [6, 6.07) is 0. The van der Waals surface area contributed by atoms with Crippen molar-refractivity contribution in [2.75, 3.05) is 0 Å². The van der Waals surface area contributed by atoms with E-state index in [1.807, 2.05) is 0 Å². The van der Waals surface area contributed by atoms with E-state index in [1.165, 1.54) is 83.5 Å². The zero-order chi connectivity index (χ0) is 19.4. The quantitative estimate of drug-likeness (QED) is 0.146. The Kier molecular flexibility index (Phi) is 36.2. The number of unbranched alkanes of at least 4 members (excludes halogenated alkanes) is 14. The molecule has 1 N–H and O–H groups in total. The van der Waals surface area contributed by atoms with Crippen molar-refractivity contribution in [1.82, 2.24) is 0 Å². The smallest absolute Gasteiger partial charge is 0.759 e. The maximum absolute atomic E-state index is 10.3. The van der Waals surface area contributed by atoms with Crippen molar-refractivity contribution < 1.29 is 86.5 Å². The van der Waals surface area contributed by atoms with Gasteiger partial charge in [0.15, 0.2) is 0 Å². The molecule has 0 aromatic heterocycles. The molecule has 0 aliphatic carbocycles. The number of aliphatic carboxylic acids is 1. The summed E-state index contributed by atoms with van der Waals surface area (Å²) in [4.78, 5) is 10.3. The van der Waals surface area contributed by atoms with Crippen LogP contribution in [0.2, 0.25) is 0 Å². The molecule has 27 heavy (non-hydrogen) atoms. The molecular formula is C18H36Na2O6S. The Labute approximate surface area is 210 Å². The molecule has 9 heteroatoms. The summed E-state index contributed by atoms with van der Waals surface area (Å²) >= 11 is 0. The van der Waals surface area contributed by atoms with E-state index in [0.717, 1.165) is 12.8 Å². The molecule has 0 heterocycles. The van der Waals surface area contributed by atoms with Gasteiger partial charge in [0, 0.05) is 16.8 Å². The second-order valence-electron chi connectivity index (χ2n) is 6.50. The van der Waals surface area contributed by atoms with Crippen molar-refractivity contribution in [3.05, 3.63) is 0 Å². The number of rotatable bonds is 16. The van der Waals surface area contributed by atoms with Crippen molar-refractivity contribution in [2.24, 2.45) is 0 Å². The number of carboxylic acid groups (broad SMARTS) is 1. The largest absolute Gasteiger partial charge is 1.00 e. The molecule has 0 atom stereocenters. The van der Waals surface area contributed by atoms with Crippen LogP contribution in [-0.4, -0.2) is 28.6 Å². The van der Waals surface area contributed by atoms with E-state index >= 15 is 0 Å². The van der Waals surface area contributed by atoms with Gasteiger partial charge >= 0.3 is 65.1 Å². The summed E-state index contributed by atoms with van der Waals surface area (Å²) in [5.41, 5.74) is 0. The minimum Gasteiger partial charge on any atom is -0.759 e. The number of hydrogen-bond donors (Lipinski definition) is 1. The fourth-order valence-electron chi connectivity index (χ4n) is 2.65. The predicted molar refractivity (Wildman–Crippen MR) is 97.7 cm³/mol. The number of hydrogen-bond acceptors (Lipinski definition) is 5. The third-order valence-corrected chi connectivity index (χ3v) is 3.99. The van der Waals surface area contributed by atoms with Gasteiger partial charge in [-0.3, -0.25) is 13.2 Å². The summed E-state index contributed by atoms with van der Waals surface area (Å²) in [6.07, 6.45) is 20.2. The second-order valence-corrected chi connectivity index (χ2v) is 7.32. The zero-order valence-corrected chi connectivity index (χ0v) is 22.5. The minimum absolute atomic E-state index is 0. The first-order chi connectivity index (χ1) is 11.8. The number of carboxylic acids is 1. The molecule has 0 aromatic rings. The fourth-order valence-corrected chi connectivity index (χ4v) is 2.65. The number of carbonyl (C=O) groups is 1. The van der Waals surface area contributed by atoms with Crippen molar-refractivity contribution in [1.29, 1.82) is 0 Å². The van der Waals surface area contributed by atoms with Crippen LogP contribution in [0, 0.1) is 0 Å². The molecule has 0 aromatic carbocycles. The molecule has 152 valence electrons. The first kappa shape index (κ1) is 35.8. The third kappa shape index (κ3) is 52.2. The average molecular weight is 427 g/mol. The monoisotopic (exact) mass is 426 g/mol. The van der Waals surface area contributed by atoms with Gasteiger partial charge in [-0.2, -0.15) is 0 Å². The third-order valence-electron chi connectivity index (χ3n) is 3.99. The van der Waals surface area contributed by atoms with E-state index in [1.54, 1.807) is 0 Å². The Balaban J connectivity index is -0.000000333. The van der Waals surface area contributed by atoms with Crippen LogP contribution in [0.4, 0.5) is 0 Å². The van der Waals surface area contributed by atoms with E-state index in [9.17, 15) is 4.79 Å². The van der Waals surface area contributed by atoms with Gasteiger partial charge in [0.05, 0.1) is 0 Å². The Hall–Kier alpha value is 1.34. The van der Waals surface area contributed by atoms with Crippen LogP contribution in [0.25, 0.3) is 0 Å². The molecule has 0 amide bonds. The van der Waals surface area contributed by atoms with E-state index in [2.05, 4.69) is 6.92 Å². The first-order valence-corrected chi connectivity index (χ1v) is 11.0. The van der Waals surface area contributed by atoms with Crippen molar-refractivity contribution >= 4 is 16.4 Å². The summed E-state index contributed by atoms with van der Waals surface area (Å²) < 4.78 is 34.1. The van der Waals surface area contributed by atoms with Gasteiger partial charge in [0.25, 0.3) is 0 Å². The molecule has 0 aliphatic rings. The minimum atomic E-state index is -5.17. The molecule has 0 saturated carbocycles. The predicted octanol–water partition coefficient (Wildman–Crippen LogP) is -0.997. The molecule has 0 bridgehead atoms. The molecule has 0 radical (unpaired) electrons. The van der Waals surface area contributed by atoms with Gasteiger partial charge < -0.3 is 14.2 Å². The molecule has 0 rings (SSSR count). The van der Waals surface area contributed by atoms with Gasteiger partial charge in [-0.1, -0.05) is 96.8 Å². The van der Waals surface area contributed by atoms with Crippen LogP contribution < -0.4 is 59.1 Å². The van der Waals surface area contributed by atoms with Crippen LogP contribution >= 0.6 is 0 Å². The average Bonchev–Trinajstić information content (AvgIpc) is 2.49. The van der Waals surface area contributed by atoms with E-state index in [-0.39, 0.29) is 59.1 Å². The van der Waals surface area contributed by atoms with Crippen LogP contribution in [-0.2, 0) is 15.2 Å². The van der Waals surface area contributed by atoms with Crippen LogP contribution in [0.1, 0.15) is 110 Å². The van der Waals surface area contributed by atoms with Crippen molar-refractivity contribution in [2.45, 2.75) is 110 Å². The summed E-state index contributed by atoms with van der Waals surface area (Å²) in [5, 5.41) is 8.52. The molecule has 0 fully saturated rings. The molecule has 0 aliphatic heterocycles. The standard InChI is InChI=1S/C18H36O2.2Na.H2O4S/c1-2-3-4-5-6-7-8-9-10-11-12-13-14-15-16-17-18(19)20;;;1-5(2,3)4/h2-17H2,1H3,(H,19,20);;;(H2,1,2,3,4)/q;2*+1;/p-2. The summed E-state index contributed by atoms with van der Waals surface area (Å²) in [5.74, 6) is -0.653. The van der Waals surface area contributed by atoms with Gasteiger partial charge in [0.2, 0.25) is 0 Å².